The van der Waals surface area contributed by atoms with Crippen LogP contribution in [0, 0.1) is 0 Å². The maximum atomic E-state index is 12.3. The molecule has 0 aromatic heterocycles. The number of nitrogens with zero attached hydrogens (tertiary/aromatic N) is 2. The first-order valence-corrected chi connectivity index (χ1v) is 7.05. The number of hydrogen-bond donors (Lipinski definition) is 1. The lowest BCUT2D eigenvalue weighted by molar-refractivity contribution is -0.00847. The molecule has 19 heavy (non-hydrogen) atoms. The number of hydrogen-bond acceptors (Lipinski definition) is 4. The first-order valence-electron chi connectivity index (χ1n) is 7.05. The molecule has 1 aliphatic heterocycles. The largest absolute Gasteiger partial charge is 0.444 e. The van der Waals surface area contributed by atoms with E-state index in [9.17, 15) is 9.90 Å². The van der Waals surface area contributed by atoms with Gasteiger partial charge in [0.15, 0.2) is 0 Å². The van der Waals surface area contributed by atoms with Crippen molar-refractivity contribution in [3.8, 4) is 0 Å². The summed E-state index contributed by atoms with van der Waals surface area (Å²) in [6.07, 6.45) is 1.55. The highest BCUT2D eigenvalue weighted by Crippen LogP contribution is 2.21. The van der Waals surface area contributed by atoms with Gasteiger partial charge in [0.25, 0.3) is 0 Å². The molecule has 1 aliphatic rings. The van der Waals surface area contributed by atoms with Crippen LogP contribution in [0.4, 0.5) is 4.79 Å². The molecule has 1 unspecified atom stereocenters. The average molecular weight is 272 g/mol. The normalized spacial score (nSPS) is 20.1. The Labute approximate surface area is 116 Å². The van der Waals surface area contributed by atoms with Gasteiger partial charge in [0.2, 0.25) is 0 Å². The quantitative estimate of drug-likeness (QED) is 0.849. The molecular formula is C14H28N2O3. The van der Waals surface area contributed by atoms with E-state index in [-0.39, 0.29) is 24.8 Å². The first kappa shape index (κ1) is 16.2. The Morgan fingerprint density at radius 3 is 2.37 bits per heavy atom. The summed E-state index contributed by atoms with van der Waals surface area (Å²) >= 11 is 0. The highest BCUT2D eigenvalue weighted by Gasteiger charge is 2.33. The topological polar surface area (TPSA) is 53.0 Å². The SMILES string of the molecule is CC(CO)N(C(=O)OC(C)(C)C)C1CCN(C)CC1. The van der Waals surface area contributed by atoms with Crippen LogP contribution in [0.15, 0.2) is 0 Å². The maximum Gasteiger partial charge on any atom is 0.410 e. The average Bonchev–Trinajstić information content (AvgIpc) is 2.29. The smallest absolute Gasteiger partial charge is 0.410 e. The summed E-state index contributed by atoms with van der Waals surface area (Å²) in [5.74, 6) is 0. The molecule has 0 radical (unpaired) electrons. The minimum Gasteiger partial charge on any atom is -0.444 e. The highest BCUT2D eigenvalue weighted by atomic mass is 16.6. The molecule has 1 fully saturated rings. The summed E-state index contributed by atoms with van der Waals surface area (Å²) in [4.78, 5) is 16.3. The lowest BCUT2D eigenvalue weighted by Crippen LogP contribution is -2.52. The molecule has 5 nitrogen and oxygen atoms in total. The monoisotopic (exact) mass is 272 g/mol. The van der Waals surface area contributed by atoms with Gasteiger partial charge in [0, 0.05) is 6.04 Å². The number of amides is 1. The van der Waals surface area contributed by atoms with Gasteiger partial charge in [-0.25, -0.2) is 4.79 Å². The molecule has 1 heterocycles. The fourth-order valence-electron chi connectivity index (χ4n) is 2.36. The van der Waals surface area contributed by atoms with E-state index in [1.807, 2.05) is 27.7 Å². The molecule has 1 amide bonds. The number of aliphatic hydroxyl groups excluding tert-OH is 1. The van der Waals surface area contributed by atoms with Gasteiger partial charge in [-0.3, -0.25) is 0 Å². The molecule has 0 spiro atoms. The zero-order chi connectivity index (χ0) is 14.6. The molecule has 0 aromatic carbocycles. The Hall–Kier alpha value is -0.810. The Morgan fingerprint density at radius 1 is 1.42 bits per heavy atom. The van der Waals surface area contributed by atoms with Gasteiger partial charge in [-0.2, -0.15) is 0 Å². The van der Waals surface area contributed by atoms with Crippen LogP contribution in [0.5, 0.6) is 0 Å². The number of piperidine rings is 1. The molecule has 112 valence electrons. The van der Waals surface area contributed by atoms with Crippen molar-refractivity contribution < 1.29 is 14.6 Å². The number of likely N-dealkylation sites (tertiary alicyclic amines) is 1. The minimum atomic E-state index is -0.504. The van der Waals surface area contributed by atoms with Gasteiger partial charge in [0.05, 0.1) is 12.6 Å². The zero-order valence-corrected chi connectivity index (χ0v) is 12.8. The molecule has 1 N–H and O–H groups in total. The molecule has 1 atom stereocenters. The minimum absolute atomic E-state index is 0.0361. The highest BCUT2D eigenvalue weighted by molar-refractivity contribution is 5.69. The maximum absolute atomic E-state index is 12.3. The molecule has 0 saturated carbocycles. The van der Waals surface area contributed by atoms with Crippen LogP contribution >= 0.6 is 0 Å². The summed E-state index contributed by atoms with van der Waals surface area (Å²) in [6, 6.07) is -0.0449. The second-order valence-electron chi connectivity index (χ2n) is 6.45. The lowest BCUT2D eigenvalue weighted by Gasteiger charge is -2.40. The fourth-order valence-corrected chi connectivity index (χ4v) is 2.36. The summed E-state index contributed by atoms with van der Waals surface area (Å²) in [7, 11) is 2.09. The van der Waals surface area contributed by atoms with E-state index in [0.29, 0.717) is 0 Å². The van der Waals surface area contributed by atoms with Crippen molar-refractivity contribution in [1.29, 1.82) is 0 Å². The standard InChI is InChI=1S/C14H28N2O3/c1-11(10-17)16(13(18)19-14(2,3)4)12-6-8-15(5)9-7-12/h11-12,17H,6-10H2,1-5H3. The lowest BCUT2D eigenvalue weighted by atomic mass is 10.0. The van der Waals surface area contributed by atoms with E-state index < -0.39 is 5.60 Å². The molecule has 0 aliphatic carbocycles. The van der Waals surface area contributed by atoms with Gasteiger partial charge in [-0.15, -0.1) is 0 Å². The van der Waals surface area contributed by atoms with E-state index >= 15 is 0 Å². The predicted octanol–water partition coefficient (Wildman–Crippen LogP) is 1.70. The van der Waals surface area contributed by atoms with Crippen LogP contribution in [-0.4, -0.2) is 65.4 Å². The first-order chi connectivity index (χ1) is 8.74. The number of rotatable bonds is 3. The van der Waals surface area contributed by atoms with Gasteiger partial charge < -0.3 is 19.6 Å². The van der Waals surface area contributed by atoms with Crippen LogP contribution in [-0.2, 0) is 4.74 Å². The molecule has 1 rings (SSSR count). The van der Waals surface area contributed by atoms with Crippen LogP contribution in [0.25, 0.3) is 0 Å². The molecule has 1 saturated heterocycles. The van der Waals surface area contributed by atoms with Crippen LogP contribution < -0.4 is 0 Å². The van der Waals surface area contributed by atoms with Crippen molar-refractivity contribution in [1.82, 2.24) is 9.80 Å². The van der Waals surface area contributed by atoms with E-state index in [1.165, 1.54) is 0 Å². The van der Waals surface area contributed by atoms with Gasteiger partial charge in [-0.1, -0.05) is 0 Å². The number of carbonyl (C=O) groups excluding carboxylic acids is 1. The van der Waals surface area contributed by atoms with Gasteiger partial charge in [0.1, 0.15) is 5.60 Å². The second-order valence-corrected chi connectivity index (χ2v) is 6.45. The van der Waals surface area contributed by atoms with Gasteiger partial charge >= 0.3 is 6.09 Å². The molecular weight excluding hydrogens is 244 g/mol. The Balaban J connectivity index is 2.74. The van der Waals surface area contributed by atoms with E-state index in [1.54, 1.807) is 4.90 Å². The summed E-state index contributed by atoms with van der Waals surface area (Å²) in [6.45, 7) is 9.36. The third-order valence-corrected chi connectivity index (χ3v) is 3.42. The summed E-state index contributed by atoms with van der Waals surface area (Å²) in [5, 5.41) is 9.38. The van der Waals surface area contributed by atoms with Crippen molar-refractivity contribution in [3.63, 3.8) is 0 Å². The third-order valence-electron chi connectivity index (χ3n) is 3.42. The van der Waals surface area contributed by atoms with Crippen LogP contribution in [0.1, 0.15) is 40.5 Å². The third kappa shape index (κ3) is 4.99. The van der Waals surface area contributed by atoms with Gasteiger partial charge in [-0.05, 0) is 60.7 Å². The number of ether oxygens (including phenoxy) is 1. The Kier molecular flexibility index (Phi) is 5.62. The van der Waals surface area contributed by atoms with Crippen molar-refractivity contribution in [2.45, 2.75) is 58.2 Å². The summed E-state index contributed by atoms with van der Waals surface area (Å²) in [5.41, 5.74) is -0.504. The second kappa shape index (κ2) is 6.57. The molecule has 5 heteroatoms. The number of aliphatic hydroxyl groups is 1. The number of carbonyl (C=O) groups is 1. The van der Waals surface area contributed by atoms with Crippen molar-refractivity contribution in [3.05, 3.63) is 0 Å². The van der Waals surface area contributed by atoms with Crippen molar-refractivity contribution in [2.24, 2.45) is 0 Å². The van der Waals surface area contributed by atoms with Crippen molar-refractivity contribution >= 4 is 6.09 Å². The zero-order valence-electron chi connectivity index (χ0n) is 12.8. The Bertz CT molecular complexity index is 294. The van der Waals surface area contributed by atoms with Crippen LogP contribution in [0.2, 0.25) is 0 Å². The van der Waals surface area contributed by atoms with E-state index in [0.717, 1.165) is 25.9 Å². The van der Waals surface area contributed by atoms with Crippen LogP contribution in [0.3, 0.4) is 0 Å². The molecule has 0 bridgehead atoms. The predicted molar refractivity (Wildman–Crippen MR) is 75.1 cm³/mol. The van der Waals surface area contributed by atoms with E-state index in [4.69, 9.17) is 4.74 Å². The summed E-state index contributed by atoms with van der Waals surface area (Å²) < 4.78 is 5.47. The fraction of sp³-hybridized carbons (Fsp3) is 0.929. The van der Waals surface area contributed by atoms with E-state index in [2.05, 4.69) is 11.9 Å². The Morgan fingerprint density at radius 2 is 1.95 bits per heavy atom. The van der Waals surface area contributed by atoms with Crippen molar-refractivity contribution in [2.75, 3.05) is 26.7 Å². The molecule has 0 aromatic rings.